The minimum absolute atomic E-state index is 0.458. The van der Waals surface area contributed by atoms with Crippen molar-refractivity contribution in [2.75, 3.05) is 0 Å². The molecule has 0 saturated carbocycles. The van der Waals surface area contributed by atoms with Crippen molar-refractivity contribution in [3.8, 4) is 33.6 Å². The molecule has 1 aliphatic rings. The number of rotatable bonds is 9. The zero-order valence-electron chi connectivity index (χ0n) is 41.8. The number of nitrogens with zero attached hydrogens (tertiary/aromatic N) is 2. The van der Waals surface area contributed by atoms with Gasteiger partial charge >= 0.3 is 0 Å². The molecule has 1 aliphatic carbocycles. The van der Waals surface area contributed by atoms with Gasteiger partial charge in [-0.2, -0.15) is 0 Å². The molecule has 14 aromatic rings. The maximum atomic E-state index is 2.54. The van der Waals surface area contributed by atoms with Gasteiger partial charge < -0.3 is 9.13 Å². The Bertz CT molecular complexity index is 4360. The fourth-order valence-corrected chi connectivity index (χ4v) is 18.3. The first-order chi connectivity index (χ1) is 37.7. The molecule has 0 fully saturated rings. The number of fused-ring (bicyclic) bond motifs is 9. The van der Waals surface area contributed by atoms with Gasteiger partial charge in [0.25, 0.3) is 0 Å². The van der Waals surface area contributed by atoms with Crippen LogP contribution >= 0.6 is 0 Å². The van der Waals surface area contributed by atoms with E-state index in [1.165, 1.54) is 109 Å². The lowest BCUT2D eigenvalue weighted by Crippen LogP contribution is -2.74. The third-order valence-corrected chi connectivity index (χ3v) is 21.3. The van der Waals surface area contributed by atoms with Crippen LogP contribution in [0.2, 0.25) is 0 Å². The molecule has 2 heterocycles. The molecule has 15 rings (SSSR count). The predicted octanol–water partition coefficient (Wildman–Crippen LogP) is 15.3. The number of hydrogen-bond donors (Lipinski definition) is 0. The highest BCUT2D eigenvalue weighted by Gasteiger charge is 2.46. The third kappa shape index (κ3) is 6.33. The lowest BCUT2D eigenvalue weighted by molar-refractivity contribution is 0.768. The second kappa shape index (κ2) is 17.6. The van der Waals surface area contributed by atoms with Gasteiger partial charge in [-0.1, -0.05) is 261 Å². The summed E-state index contributed by atoms with van der Waals surface area (Å²) in [6, 6.07) is 113. The Morgan fingerprint density at radius 2 is 0.763 bits per heavy atom. The van der Waals surface area contributed by atoms with E-state index in [0.717, 1.165) is 11.4 Å². The summed E-state index contributed by atoms with van der Waals surface area (Å²) < 4.78 is 5.07. The molecule has 0 spiro atoms. The van der Waals surface area contributed by atoms with E-state index >= 15 is 0 Å². The van der Waals surface area contributed by atoms with E-state index in [1.54, 1.807) is 0 Å². The van der Waals surface area contributed by atoms with Gasteiger partial charge in [0.15, 0.2) is 8.07 Å². The summed E-state index contributed by atoms with van der Waals surface area (Å²) in [7, 11) is -2.84. The first kappa shape index (κ1) is 44.0. The van der Waals surface area contributed by atoms with Gasteiger partial charge in [0.1, 0.15) is 0 Å². The van der Waals surface area contributed by atoms with Gasteiger partial charge in [0.05, 0.1) is 33.2 Å². The molecule has 0 bridgehead atoms. The molecule has 2 aromatic heterocycles. The van der Waals surface area contributed by atoms with Gasteiger partial charge in [0.2, 0.25) is 0 Å². The lowest BCUT2D eigenvalue weighted by Gasteiger charge is -2.34. The average molecular weight is 983 g/mol. The van der Waals surface area contributed by atoms with Gasteiger partial charge in [-0.05, 0) is 108 Å². The van der Waals surface area contributed by atoms with Gasteiger partial charge in [0, 0.05) is 27.2 Å². The highest BCUT2D eigenvalue weighted by Crippen LogP contribution is 2.57. The van der Waals surface area contributed by atoms with Crippen LogP contribution in [-0.4, -0.2) is 17.2 Å². The summed E-state index contributed by atoms with van der Waals surface area (Å²) in [6.07, 6.45) is 0. The molecule has 0 N–H and O–H groups in total. The molecule has 0 atom stereocenters. The van der Waals surface area contributed by atoms with E-state index in [-0.39, 0.29) is 0 Å². The van der Waals surface area contributed by atoms with Crippen molar-refractivity contribution < 1.29 is 0 Å². The molecule has 2 nitrogen and oxygen atoms in total. The minimum Gasteiger partial charge on any atom is -0.307 e. The summed E-state index contributed by atoms with van der Waals surface area (Å²) in [5, 5.41) is 10.3. The fraction of sp³-hybridized carbons (Fsp3) is 0.0137. The van der Waals surface area contributed by atoms with Crippen LogP contribution in [0, 0.1) is 0 Å². The Labute approximate surface area is 443 Å². The Balaban J connectivity index is 0.968. The number of hydrogen-bond acceptors (Lipinski definition) is 0. The molecule has 0 unspecified atom stereocenters. The largest absolute Gasteiger partial charge is 0.307 e. The molecule has 3 heteroatoms. The molecule has 0 saturated heterocycles. The zero-order chi connectivity index (χ0) is 50.2. The molecule has 356 valence electrons. The Hall–Kier alpha value is -9.54. The normalized spacial score (nSPS) is 12.8. The topological polar surface area (TPSA) is 9.86 Å². The van der Waals surface area contributed by atoms with Crippen LogP contribution in [0.5, 0.6) is 0 Å². The number of benzene rings is 12. The zero-order valence-corrected chi connectivity index (χ0v) is 42.8. The van der Waals surface area contributed by atoms with Crippen molar-refractivity contribution in [1.82, 2.24) is 9.13 Å². The molecule has 12 aromatic carbocycles. The second-order valence-electron chi connectivity index (χ2n) is 20.3. The van der Waals surface area contributed by atoms with Crippen LogP contribution in [0.1, 0.15) is 22.3 Å². The van der Waals surface area contributed by atoms with E-state index in [1.807, 2.05) is 0 Å². The average Bonchev–Trinajstić information content (AvgIpc) is 4.25. The maximum absolute atomic E-state index is 2.84. The van der Waals surface area contributed by atoms with Crippen LogP contribution in [0.4, 0.5) is 0 Å². The Morgan fingerprint density at radius 3 is 1.42 bits per heavy atom. The van der Waals surface area contributed by atoms with E-state index < -0.39 is 13.5 Å². The standard InChI is InChI=1S/C73H50N2Si/c1-6-25-52(26-7-1)73(53-27-8-2-9-28-53)65-42-19-16-37-60(65)64-49-51(47-48-66(64)73)59-40-23-45-69-71(59)63-39-18-21-44-68(63)75(69)70-46-24-41-62-61-38-17-20-43-67(61)74(72(62)70)54-29-22-36-58(50-54)76(55-30-10-3-11-31-55,56-32-12-4-13-33-56)57-34-14-5-15-35-57/h1-50H. The van der Waals surface area contributed by atoms with Crippen molar-refractivity contribution in [2.24, 2.45) is 0 Å². The quantitative estimate of drug-likeness (QED) is 0.101. The van der Waals surface area contributed by atoms with Crippen molar-refractivity contribution in [1.29, 1.82) is 0 Å². The smallest absolute Gasteiger partial charge is 0.179 e. The predicted molar refractivity (Wildman–Crippen MR) is 321 cm³/mol. The summed E-state index contributed by atoms with van der Waals surface area (Å²) in [5.74, 6) is 0. The van der Waals surface area contributed by atoms with Crippen molar-refractivity contribution in [3.05, 3.63) is 326 Å². The van der Waals surface area contributed by atoms with Crippen molar-refractivity contribution >= 4 is 72.4 Å². The summed E-state index contributed by atoms with van der Waals surface area (Å²) in [4.78, 5) is 0. The van der Waals surface area contributed by atoms with Gasteiger partial charge in [-0.25, -0.2) is 0 Å². The molecular formula is C73H50N2Si. The fourth-order valence-electron chi connectivity index (χ4n) is 13.5. The van der Waals surface area contributed by atoms with E-state index in [0.29, 0.717) is 0 Å². The van der Waals surface area contributed by atoms with Crippen LogP contribution in [-0.2, 0) is 5.41 Å². The van der Waals surface area contributed by atoms with E-state index in [9.17, 15) is 0 Å². The first-order valence-electron chi connectivity index (χ1n) is 26.4. The highest BCUT2D eigenvalue weighted by atomic mass is 28.3. The summed E-state index contributed by atoms with van der Waals surface area (Å²) >= 11 is 0. The molecule has 76 heavy (non-hydrogen) atoms. The van der Waals surface area contributed by atoms with Crippen LogP contribution in [0.25, 0.3) is 77.2 Å². The summed E-state index contributed by atoms with van der Waals surface area (Å²) in [6.45, 7) is 0. The molecule has 0 aliphatic heterocycles. The number of para-hydroxylation sites is 3. The SMILES string of the molecule is c1ccc(C2(c3ccccc3)c3ccccc3-c3cc(-c4cccc5c4c4ccccc4n5-c4cccc5c6ccccc6n(-c6cccc([Si](c7ccccc7)(c7ccccc7)c7ccccc7)c6)c45)ccc32)cc1. The molecule has 0 radical (unpaired) electrons. The number of aromatic nitrogens is 2. The second-order valence-corrected chi connectivity index (χ2v) is 24.1. The first-order valence-corrected chi connectivity index (χ1v) is 28.4. The van der Waals surface area contributed by atoms with Gasteiger partial charge in [-0.3, -0.25) is 0 Å². The third-order valence-electron chi connectivity index (χ3n) is 16.5. The molecule has 0 amide bonds. The maximum Gasteiger partial charge on any atom is 0.179 e. The van der Waals surface area contributed by atoms with Crippen LogP contribution in [0.3, 0.4) is 0 Å². The summed E-state index contributed by atoms with van der Waals surface area (Å²) in [5.41, 5.74) is 16.6. The van der Waals surface area contributed by atoms with Crippen molar-refractivity contribution in [3.63, 3.8) is 0 Å². The monoisotopic (exact) mass is 982 g/mol. The molecular weight excluding hydrogens is 933 g/mol. The Kier molecular flexibility index (Phi) is 10.2. The van der Waals surface area contributed by atoms with E-state index in [4.69, 9.17) is 0 Å². The minimum atomic E-state index is -2.84. The van der Waals surface area contributed by atoms with Crippen LogP contribution < -0.4 is 20.7 Å². The van der Waals surface area contributed by atoms with Gasteiger partial charge in [-0.15, -0.1) is 0 Å². The Morgan fingerprint density at radius 1 is 0.289 bits per heavy atom. The highest BCUT2D eigenvalue weighted by molar-refractivity contribution is 7.19. The van der Waals surface area contributed by atoms with Crippen molar-refractivity contribution in [2.45, 2.75) is 5.41 Å². The van der Waals surface area contributed by atoms with Crippen LogP contribution in [0.15, 0.2) is 303 Å². The lowest BCUT2D eigenvalue weighted by atomic mass is 9.67. The van der Waals surface area contributed by atoms with E-state index in [2.05, 4.69) is 312 Å².